The summed E-state index contributed by atoms with van der Waals surface area (Å²) >= 11 is 0. The van der Waals surface area contributed by atoms with E-state index in [4.69, 9.17) is 0 Å². The van der Waals surface area contributed by atoms with Gasteiger partial charge in [-0.05, 0) is 24.3 Å². The van der Waals surface area contributed by atoms with E-state index in [-0.39, 0.29) is 36.6 Å². The topological polar surface area (TPSA) is 70.6 Å². The first-order valence-electron chi connectivity index (χ1n) is 8.07. The predicted octanol–water partition coefficient (Wildman–Crippen LogP) is 2.25. The molecule has 0 bridgehead atoms. The number of amides is 1. The Hall–Kier alpha value is -2.46. The second kappa shape index (κ2) is 7.28. The van der Waals surface area contributed by atoms with Crippen LogP contribution in [0.3, 0.4) is 0 Å². The number of piperazine rings is 1. The molecule has 6 nitrogen and oxygen atoms in total. The summed E-state index contributed by atoms with van der Waals surface area (Å²) in [6.45, 7) is 0.506. The third-order valence-corrected chi connectivity index (χ3v) is 6.12. The maximum atomic E-state index is 12.6. The Bertz CT molecular complexity index is 908. The second-order valence-corrected chi connectivity index (χ2v) is 7.88. The molecule has 1 aliphatic heterocycles. The van der Waals surface area contributed by atoms with Gasteiger partial charge in [-0.2, -0.15) is 17.5 Å². The molecule has 1 saturated heterocycles. The maximum Gasteiger partial charge on any atom is 0.433 e. The molecule has 0 radical (unpaired) electrons. The minimum atomic E-state index is -4.57. The van der Waals surface area contributed by atoms with E-state index in [9.17, 15) is 26.4 Å². The van der Waals surface area contributed by atoms with Crippen LogP contribution in [0.5, 0.6) is 0 Å². The zero-order valence-corrected chi connectivity index (χ0v) is 14.9. The minimum absolute atomic E-state index is 0.0300. The number of rotatable bonds is 3. The van der Waals surface area contributed by atoms with Crippen LogP contribution in [0.15, 0.2) is 53.6 Å². The van der Waals surface area contributed by atoms with Crippen molar-refractivity contribution < 1.29 is 26.4 Å². The Morgan fingerprint density at radius 1 is 0.963 bits per heavy atom. The molecule has 144 valence electrons. The van der Waals surface area contributed by atoms with Crippen LogP contribution in [0.25, 0.3) is 0 Å². The smallest absolute Gasteiger partial charge is 0.336 e. The van der Waals surface area contributed by atoms with Crippen molar-refractivity contribution in [3.8, 4) is 0 Å². The lowest BCUT2D eigenvalue weighted by molar-refractivity contribution is -0.141. The molecule has 1 aromatic heterocycles. The van der Waals surface area contributed by atoms with Gasteiger partial charge in [-0.1, -0.05) is 18.2 Å². The lowest BCUT2D eigenvalue weighted by Crippen LogP contribution is -2.50. The van der Waals surface area contributed by atoms with Gasteiger partial charge >= 0.3 is 6.18 Å². The van der Waals surface area contributed by atoms with Crippen LogP contribution in [0.4, 0.5) is 13.2 Å². The fourth-order valence-electron chi connectivity index (χ4n) is 2.74. The Morgan fingerprint density at radius 2 is 1.59 bits per heavy atom. The van der Waals surface area contributed by atoms with Crippen LogP contribution in [0.2, 0.25) is 0 Å². The van der Waals surface area contributed by atoms with E-state index in [0.29, 0.717) is 0 Å². The van der Waals surface area contributed by atoms with Crippen LogP contribution in [0.1, 0.15) is 16.1 Å². The Labute approximate surface area is 154 Å². The number of nitrogens with zero attached hydrogens (tertiary/aromatic N) is 3. The minimum Gasteiger partial charge on any atom is -0.336 e. The monoisotopic (exact) mass is 399 g/mol. The second-order valence-electron chi connectivity index (χ2n) is 5.94. The summed E-state index contributed by atoms with van der Waals surface area (Å²) in [4.78, 5) is 17.3. The van der Waals surface area contributed by atoms with Crippen molar-refractivity contribution in [3.05, 3.63) is 59.9 Å². The number of alkyl halides is 3. The normalized spacial score (nSPS) is 16.3. The molecule has 3 rings (SSSR count). The summed E-state index contributed by atoms with van der Waals surface area (Å²) in [5.41, 5.74) is -1.04. The molecule has 2 heterocycles. The molecule has 27 heavy (non-hydrogen) atoms. The Kier molecular flexibility index (Phi) is 5.20. The average molecular weight is 399 g/mol. The van der Waals surface area contributed by atoms with Crippen LogP contribution in [-0.4, -0.2) is 54.7 Å². The fraction of sp³-hybridized carbons (Fsp3) is 0.294. The summed E-state index contributed by atoms with van der Waals surface area (Å²) in [5.74, 6) is -0.479. The molecule has 1 aliphatic rings. The van der Waals surface area contributed by atoms with Crippen LogP contribution >= 0.6 is 0 Å². The summed E-state index contributed by atoms with van der Waals surface area (Å²) < 4.78 is 64.1. The van der Waals surface area contributed by atoms with Gasteiger partial charge in [-0.15, -0.1) is 0 Å². The summed E-state index contributed by atoms with van der Waals surface area (Å²) in [7, 11) is -3.64. The van der Waals surface area contributed by atoms with Crippen LogP contribution in [0, 0.1) is 0 Å². The average Bonchev–Trinajstić information content (AvgIpc) is 2.67. The zero-order chi connectivity index (χ0) is 19.7. The highest BCUT2D eigenvalue weighted by Gasteiger charge is 2.33. The molecule has 0 saturated carbocycles. The number of sulfonamides is 1. The summed E-state index contributed by atoms with van der Waals surface area (Å²) in [6.07, 6.45) is -3.68. The van der Waals surface area contributed by atoms with Crippen molar-refractivity contribution >= 4 is 15.9 Å². The van der Waals surface area contributed by atoms with Crippen molar-refractivity contribution in [1.82, 2.24) is 14.2 Å². The van der Waals surface area contributed by atoms with Crippen LogP contribution in [-0.2, 0) is 16.2 Å². The van der Waals surface area contributed by atoms with Crippen LogP contribution < -0.4 is 0 Å². The molecule has 0 aliphatic carbocycles. The lowest BCUT2D eigenvalue weighted by atomic mass is 10.2. The quantitative estimate of drug-likeness (QED) is 0.794. The van der Waals surface area contributed by atoms with Gasteiger partial charge in [-0.25, -0.2) is 8.42 Å². The Morgan fingerprint density at radius 3 is 2.11 bits per heavy atom. The number of carbonyl (C=O) groups is 1. The van der Waals surface area contributed by atoms with Crippen molar-refractivity contribution in [2.45, 2.75) is 11.1 Å². The molecule has 1 aromatic carbocycles. The Balaban J connectivity index is 1.66. The summed E-state index contributed by atoms with van der Waals surface area (Å²) in [6, 6.07) is 9.80. The number of aromatic nitrogens is 1. The summed E-state index contributed by atoms with van der Waals surface area (Å²) in [5, 5.41) is 0. The standard InChI is InChI=1S/C17H16F3N3O3S/c18-17(19,20)15-7-6-13(12-21-15)16(24)22-8-10-23(11-9-22)27(25,26)14-4-2-1-3-5-14/h1-7,12H,8-11H2. The van der Waals surface area contributed by atoms with E-state index in [2.05, 4.69) is 4.98 Å². The van der Waals surface area contributed by atoms with E-state index in [1.807, 2.05) is 0 Å². The van der Waals surface area contributed by atoms with E-state index in [1.54, 1.807) is 18.2 Å². The van der Waals surface area contributed by atoms with Gasteiger partial charge in [0.05, 0.1) is 10.5 Å². The third-order valence-electron chi connectivity index (χ3n) is 4.21. The molecule has 10 heteroatoms. The van der Waals surface area contributed by atoms with Gasteiger partial charge in [0.1, 0.15) is 5.69 Å². The number of carbonyl (C=O) groups excluding carboxylic acids is 1. The third kappa shape index (κ3) is 4.11. The van der Waals surface area contributed by atoms with Gasteiger partial charge in [0.2, 0.25) is 10.0 Å². The van der Waals surface area contributed by atoms with E-state index < -0.39 is 27.8 Å². The molecule has 0 spiro atoms. The van der Waals surface area contributed by atoms with Gasteiger partial charge in [0.25, 0.3) is 5.91 Å². The van der Waals surface area contributed by atoms with Crippen molar-refractivity contribution in [1.29, 1.82) is 0 Å². The molecule has 1 fully saturated rings. The SMILES string of the molecule is O=C(c1ccc(C(F)(F)F)nc1)N1CCN(S(=O)(=O)c2ccccc2)CC1. The van der Waals surface area contributed by atoms with Crippen molar-refractivity contribution in [2.24, 2.45) is 0 Å². The first-order chi connectivity index (χ1) is 12.7. The van der Waals surface area contributed by atoms with Gasteiger partial charge < -0.3 is 4.90 Å². The highest BCUT2D eigenvalue weighted by Crippen LogP contribution is 2.27. The fourth-order valence-corrected chi connectivity index (χ4v) is 4.19. The number of halogens is 3. The molecule has 2 aromatic rings. The number of hydrogen-bond donors (Lipinski definition) is 0. The van der Waals surface area contributed by atoms with E-state index in [1.165, 1.54) is 21.3 Å². The van der Waals surface area contributed by atoms with E-state index in [0.717, 1.165) is 18.3 Å². The first kappa shape index (κ1) is 19.3. The first-order valence-corrected chi connectivity index (χ1v) is 9.51. The van der Waals surface area contributed by atoms with Crippen molar-refractivity contribution in [2.75, 3.05) is 26.2 Å². The molecule has 0 atom stereocenters. The van der Waals surface area contributed by atoms with Gasteiger partial charge in [0.15, 0.2) is 0 Å². The number of pyridine rings is 1. The van der Waals surface area contributed by atoms with Crippen molar-refractivity contribution in [3.63, 3.8) is 0 Å². The molecule has 0 unspecified atom stereocenters. The zero-order valence-electron chi connectivity index (χ0n) is 14.1. The predicted molar refractivity (Wildman–Crippen MR) is 90.3 cm³/mol. The molecule has 1 amide bonds. The molecule has 0 N–H and O–H groups in total. The molecular formula is C17H16F3N3O3S. The van der Waals surface area contributed by atoms with Gasteiger partial charge in [0, 0.05) is 32.4 Å². The highest BCUT2D eigenvalue weighted by atomic mass is 32.2. The number of benzene rings is 1. The molecular weight excluding hydrogens is 383 g/mol. The maximum absolute atomic E-state index is 12.6. The highest BCUT2D eigenvalue weighted by molar-refractivity contribution is 7.89. The van der Waals surface area contributed by atoms with E-state index >= 15 is 0 Å². The number of hydrogen-bond acceptors (Lipinski definition) is 4. The largest absolute Gasteiger partial charge is 0.433 e. The lowest BCUT2D eigenvalue weighted by Gasteiger charge is -2.34. The van der Waals surface area contributed by atoms with Gasteiger partial charge in [-0.3, -0.25) is 9.78 Å².